The minimum absolute atomic E-state index is 0.0666. The topological polar surface area (TPSA) is 67.2 Å². The van der Waals surface area contributed by atoms with E-state index in [1.165, 1.54) is 23.1 Å². The van der Waals surface area contributed by atoms with E-state index in [1.54, 1.807) is 16.7 Å². The van der Waals surface area contributed by atoms with E-state index in [1.807, 2.05) is 30.6 Å². The molecule has 3 rings (SSSR count). The number of hydrogen-bond acceptors (Lipinski definition) is 6. The third-order valence-corrected chi connectivity index (χ3v) is 6.16. The van der Waals surface area contributed by atoms with Crippen LogP contribution in [0.15, 0.2) is 64.4 Å². The summed E-state index contributed by atoms with van der Waals surface area (Å²) in [4.78, 5) is 32.2. The molecule has 0 bridgehead atoms. The number of para-hydroxylation sites is 1. The van der Waals surface area contributed by atoms with E-state index in [-0.39, 0.29) is 17.2 Å². The molecule has 0 spiro atoms. The molecule has 0 aliphatic rings. The smallest absolute Gasteiger partial charge is 0.263 e. The van der Waals surface area contributed by atoms with Crippen LogP contribution in [0.2, 0.25) is 0 Å². The molecule has 1 N–H and O–H groups in total. The first kappa shape index (κ1) is 21.1. The Morgan fingerprint density at radius 2 is 2.14 bits per heavy atom. The maximum absolute atomic E-state index is 12.6. The van der Waals surface area contributed by atoms with Gasteiger partial charge in [0, 0.05) is 32.4 Å². The summed E-state index contributed by atoms with van der Waals surface area (Å²) in [5.74, 6) is 0.151. The van der Waals surface area contributed by atoms with Crippen molar-refractivity contribution in [2.45, 2.75) is 18.1 Å². The highest BCUT2D eigenvalue weighted by Gasteiger charge is 2.13. The number of nitrogens with zero attached hydrogens (tertiary/aromatic N) is 3. The molecule has 0 unspecified atom stereocenters. The Morgan fingerprint density at radius 1 is 1.34 bits per heavy atom. The lowest BCUT2D eigenvalue weighted by molar-refractivity contribution is -0.118. The number of nitrogens with one attached hydrogen (secondary N) is 1. The maximum Gasteiger partial charge on any atom is 0.263 e. The summed E-state index contributed by atoms with van der Waals surface area (Å²) < 4.78 is 1.56. The van der Waals surface area contributed by atoms with E-state index in [4.69, 9.17) is 0 Å². The molecule has 6 nitrogen and oxygen atoms in total. The van der Waals surface area contributed by atoms with Crippen molar-refractivity contribution in [3.63, 3.8) is 0 Å². The molecule has 0 radical (unpaired) electrons. The molecule has 1 amide bonds. The van der Waals surface area contributed by atoms with E-state index in [9.17, 15) is 9.59 Å². The largest absolute Gasteiger partial charge is 0.375 e. The van der Waals surface area contributed by atoms with Crippen LogP contribution in [0, 0.1) is 0 Å². The van der Waals surface area contributed by atoms with Gasteiger partial charge in [0.05, 0.1) is 11.1 Å². The first-order valence-corrected chi connectivity index (χ1v) is 11.2. The maximum atomic E-state index is 12.6. The van der Waals surface area contributed by atoms with Crippen LogP contribution in [-0.2, 0) is 11.3 Å². The number of carbonyl (C=O) groups is 1. The fourth-order valence-corrected chi connectivity index (χ4v) is 4.51. The summed E-state index contributed by atoms with van der Waals surface area (Å²) in [5, 5.41) is 5.94. The fraction of sp³-hybridized carbons (Fsp3) is 0.286. The molecule has 0 aliphatic carbocycles. The minimum Gasteiger partial charge on any atom is -0.375 e. The zero-order valence-electron chi connectivity index (χ0n) is 16.3. The molecule has 2 heterocycles. The SMILES string of the molecule is C=CCn1c(SCC(=O)NCCCN(C)c2ccccc2)nc2sccc2c1=O. The van der Waals surface area contributed by atoms with Gasteiger partial charge in [-0.05, 0) is 30.0 Å². The van der Waals surface area contributed by atoms with E-state index < -0.39 is 0 Å². The van der Waals surface area contributed by atoms with Crippen molar-refractivity contribution in [2.75, 3.05) is 30.8 Å². The van der Waals surface area contributed by atoms with Gasteiger partial charge in [-0.3, -0.25) is 14.2 Å². The number of fused-ring (bicyclic) bond motifs is 1. The fourth-order valence-electron chi connectivity index (χ4n) is 2.87. The minimum atomic E-state index is -0.0944. The Hall–Kier alpha value is -2.58. The van der Waals surface area contributed by atoms with Crippen molar-refractivity contribution >= 4 is 44.9 Å². The van der Waals surface area contributed by atoms with Gasteiger partial charge < -0.3 is 10.2 Å². The van der Waals surface area contributed by atoms with Gasteiger partial charge in [-0.2, -0.15) is 0 Å². The molecule has 2 aromatic heterocycles. The van der Waals surface area contributed by atoms with Crippen LogP contribution < -0.4 is 15.8 Å². The van der Waals surface area contributed by atoms with E-state index >= 15 is 0 Å². The number of thiophene rings is 1. The van der Waals surface area contributed by atoms with Crippen molar-refractivity contribution < 1.29 is 4.79 Å². The Bertz CT molecular complexity index is 1030. The quantitative estimate of drug-likeness (QED) is 0.232. The highest BCUT2D eigenvalue weighted by atomic mass is 32.2. The van der Waals surface area contributed by atoms with Crippen LogP contribution in [0.1, 0.15) is 6.42 Å². The van der Waals surface area contributed by atoms with Gasteiger partial charge >= 0.3 is 0 Å². The van der Waals surface area contributed by atoms with E-state index in [2.05, 4.69) is 33.9 Å². The summed E-state index contributed by atoms with van der Waals surface area (Å²) in [6.07, 6.45) is 2.51. The molecule has 1 aromatic carbocycles. The van der Waals surface area contributed by atoms with E-state index in [0.717, 1.165) is 18.7 Å². The van der Waals surface area contributed by atoms with Crippen LogP contribution in [0.4, 0.5) is 5.69 Å². The van der Waals surface area contributed by atoms with E-state index in [0.29, 0.717) is 28.5 Å². The first-order chi connectivity index (χ1) is 14.1. The lowest BCUT2D eigenvalue weighted by Gasteiger charge is -2.19. The predicted octanol–water partition coefficient (Wildman–Crippen LogP) is 3.38. The second-order valence-corrected chi connectivity index (χ2v) is 8.32. The summed E-state index contributed by atoms with van der Waals surface area (Å²) >= 11 is 2.70. The van der Waals surface area contributed by atoms with Crippen LogP contribution in [0.25, 0.3) is 10.2 Å². The number of thioether (sulfide) groups is 1. The lowest BCUT2D eigenvalue weighted by Crippen LogP contribution is -2.30. The highest BCUT2D eigenvalue weighted by Crippen LogP contribution is 2.21. The molecule has 8 heteroatoms. The zero-order chi connectivity index (χ0) is 20.6. The Morgan fingerprint density at radius 3 is 2.90 bits per heavy atom. The Kier molecular flexibility index (Phi) is 7.48. The first-order valence-electron chi connectivity index (χ1n) is 9.34. The number of aromatic nitrogens is 2. The second kappa shape index (κ2) is 10.3. The molecule has 3 aromatic rings. The van der Waals surface area contributed by atoms with Crippen molar-refractivity contribution in [1.82, 2.24) is 14.9 Å². The van der Waals surface area contributed by atoms with Crippen LogP contribution in [0.3, 0.4) is 0 Å². The molecule has 0 saturated carbocycles. The third-order valence-electron chi connectivity index (χ3n) is 4.38. The standard InChI is InChI=1S/C21H24N4O2S2/c1-3-12-25-20(27)17-10-14-28-19(17)23-21(25)29-15-18(26)22-11-7-13-24(2)16-8-5-4-6-9-16/h3-6,8-10,14H,1,7,11-13,15H2,2H3,(H,22,26). The molecule has 0 saturated heterocycles. The Balaban J connectivity index is 1.50. The summed E-state index contributed by atoms with van der Waals surface area (Å²) in [5.41, 5.74) is 1.06. The monoisotopic (exact) mass is 428 g/mol. The molecular formula is C21H24N4O2S2. The van der Waals surface area contributed by atoms with Gasteiger partial charge in [-0.1, -0.05) is 36.0 Å². The zero-order valence-corrected chi connectivity index (χ0v) is 18.0. The molecule has 152 valence electrons. The van der Waals surface area contributed by atoms with Gasteiger partial charge in [0.1, 0.15) is 4.83 Å². The molecule has 0 aliphatic heterocycles. The molecular weight excluding hydrogens is 404 g/mol. The normalized spacial score (nSPS) is 10.8. The highest BCUT2D eigenvalue weighted by molar-refractivity contribution is 7.99. The lowest BCUT2D eigenvalue weighted by atomic mass is 10.3. The van der Waals surface area contributed by atoms with Crippen LogP contribution in [0.5, 0.6) is 0 Å². The van der Waals surface area contributed by atoms with Gasteiger partial charge in [-0.15, -0.1) is 17.9 Å². The van der Waals surface area contributed by atoms with Crippen LogP contribution in [-0.4, -0.2) is 41.3 Å². The van der Waals surface area contributed by atoms with Crippen molar-refractivity contribution in [2.24, 2.45) is 0 Å². The number of allylic oxidation sites excluding steroid dienone is 1. The average Bonchev–Trinajstić information content (AvgIpc) is 3.21. The van der Waals surface area contributed by atoms with Gasteiger partial charge in [0.2, 0.25) is 5.91 Å². The number of hydrogen-bond donors (Lipinski definition) is 1. The van der Waals surface area contributed by atoms with Gasteiger partial charge in [0.25, 0.3) is 5.56 Å². The summed E-state index contributed by atoms with van der Waals surface area (Å²) in [6.45, 7) is 5.54. The number of benzene rings is 1. The molecule has 0 atom stereocenters. The molecule has 0 fully saturated rings. The average molecular weight is 429 g/mol. The van der Waals surface area contributed by atoms with Crippen molar-refractivity contribution in [1.29, 1.82) is 0 Å². The van der Waals surface area contributed by atoms with Gasteiger partial charge in [-0.25, -0.2) is 4.98 Å². The molecule has 29 heavy (non-hydrogen) atoms. The summed E-state index contributed by atoms with van der Waals surface area (Å²) in [6, 6.07) is 11.9. The van der Waals surface area contributed by atoms with Crippen molar-refractivity contribution in [3.8, 4) is 0 Å². The number of anilines is 1. The predicted molar refractivity (Wildman–Crippen MR) is 122 cm³/mol. The number of rotatable bonds is 10. The number of amides is 1. The van der Waals surface area contributed by atoms with Crippen molar-refractivity contribution in [3.05, 3.63) is 64.8 Å². The van der Waals surface area contributed by atoms with Crippen LogP contribution >= 0.6 is 23.1 Å². The third kappa shape index (κ3) is 5.48. The Labute approximate surface area is 178 Å². The number of carbonyl (C=O) groups excluding carboxylic acids is 1. The second-order valence-electron chi connectivity index (χ2n) is 6.49. The van der Waals surface area contributed by atoms with Gasteiger partial charge in [0.15, 0.2) is 5.16 Å². The summed E-state index contributed by atoms with van der Waals surface area (Å²) in [7, 11) is 2.04.